The largest absolute Gasteiger partial charge is 0.337 e. The minimum Gasteiger partial charge on any atom is -0.337 e. The molecule has 0 amide bonds. The lowest BCUT2D eigenvalue weighted by Gasteiger charge is -2.31. The summed E-state index contributed by atoms with van der Waals surface area (Å²) < 4.78 is 0. The van der Waals surface area contributed by atoms with Crippen LogP contribution in [0.25, 0.3) is 0 Å². The number of hydrogen-bond acceptors (Lipinski definition) is 0. The van der Waals surface area contributed by atoms with Crippen LogP contribution in [0.2, 0.25) is 0 Å². The molecule has 0 bridgehead atoms. The minimum absolute atomic E-state index is 0.957. The third kappa shape index (κ3) is 1.72. The van der Waals surface area contributed by atoms with Gasteiger partial charge >= 0.3 is 0 Å². The number of rotatable bonds is 1. The fraction of sp³-hybridized carbons (Fsp3) is 1.00. The highest BCUT2D eigenvalue weighted by Gasteiger charge is 2.24. The number of piperidine rings is 1. The fourth-order valence-electron chi connectivity index (χ4n) is 2.14. The van der Waals surface area contributed by atoms with Crippen molar-refractivity contribution < 1.29 is 4.90 Å². The van der Waals surface area contributed by atoms with E-state index in [0.717, 1.165) is 11.8 Å². The van der Waals surface area contributed by atoms with Crippen LogP contribution in [-0.2, 0) is 0 Å². The summed E-state index contributed by atoms with van der Waals surface area (Å²) in [6.07, 6.45) is 2.83. The highest BCUT2D eigenvalue weighted by atomic mass is 15.1. The Bertz CT molecular complexity index is 101. The summed E-state index contributed by atoms with van der Waals surface area (Å²) in [7, 11) is 2.31. The van der Waals surface area contributed by atoms with Gasteiger partial charge in [0.05, 0.1) is 20.1 Å². The molecule has 1 nitrogen and oxygen atoms in total. The molecule has 1 N–H and O–H groups in total. The summed E-state index contributed by atoms with van der Waals surface area (Å²) in [5, 5.41) is 0. The molecule has 3 atom stereocenters. The second kappa shape index (κ2) is 3.38. The summed E-state index contributed by atoms with van der Waals surface area (Å²) in [5.74, 6) is 1.97. The molecule has 1 fully saturated rings. The maximum atomic E-state index is 2.40. The molecule has 1 aliphatic heterocycles. The Labute approximate surface area is 64.4 Å². The standard InChI is InChI=1S/C9H19N/c1-4-9-5-6-10(3)7-8(9)2/h8-9H,4-7H2,1-3H3/p+1. The summed E-state index contributed by atoms with van der Waals surface area (Å²) >= 11 is 0. The average Bonchev–Trinajstić information content (AvgIpc) is 1.88. The second-order valence-corrected chi connectivity index (χ2v) is 3.85. The first-order valence-electron chi connectivity index (χ1n) is 4.55. The molecule has 1 aliphatic rings. The maximum Gasteiger partial charge on any atom is 0.0797 e. The summed E-state index contributed by atoms with van der Waals surface area (Å²) in [6, 6.07) is 0. The van der Waals surface area contributed by atoms with Crippen molar-refractivity contribution in [3.63, 3.8) is 0 Å². The highest BCUT2D eigenvalue weighted by Crippen LogP contribution is 2.19. The van der Waals surface area contributed by atoms with E-state index in [1.807, 2.05) is 0 Å². The van der Waals surface area contributed by atoms with Crippen LogP contribution in [0.3, 0.4) is 0 Å². The zero-order chi connectivity index (χ0) is 7.56. The van der Waals surface area contributed by atoms with E-state index in [4.69, 9.17) is 0 Å². The van der Waals surface area contributed by atoms with Gasteiger partial charge < -0.3 is 4.90 Å². The molecule has 0 aromatic heterocycles. The zero-order valence-corrected chi connectivity index (χ0v) is 7.48. The number of likely N-dealkylation sites (tertiary alicyclic amines) is 1. The highest BCUT2D eigenvalue weighted by molar-refractivity contribution is 4.66. The van der Waals surface area contributed by atoms with E-state index in [0.29, 0.717) is 0 Å². The van der Waals surface area contributed by atoms with Gasteiger partial charge in [-0.25, -0.2) is 0 Å². The Morgan fingerprint density at radius 3 is 2.70 bits per heavy atom. The van der Waals surface area contributed by atoms with Crippen molar-refractivity contribution >= 4 is 0 Å². The van der Waals surface area contributed by atoms with Crippen LogP contribution in [0.4, 0.5) is 0 Å². The van der Waals surface area contributed by atoms with Crippen molar-refractivity contribution in [3.8, 4) is 0 Å². The third-order valence-electron chi connectivity index (χ3n) is 2.94. The predicted octanol–water partition coefficient (Wildman–Crippen LogP) is 0.567. The van der Waals surface area contributed by atoms with Gasteiger partial charge in [0.2, 0.25) is 0 Å². The van der Waals surface area contributed by atoms with Crippen LogP contribution >= 0.6 is 0 Å². The van der Waals surface area contributed by atoms with Crippen LogP contribution in [-0.4, -0.2) is 20.1 Å². The maximum absolute atomic E-state index is 2.40. The van der Waals surface area contributed by atoms with E-state index in [2.05, 4.69) is 20.9 Å². The van der Waals surface area contributed by atoms with Gasteiger partial charge in [-0.2, -0.15) is 0 Å². The Morgan fingerprint density at radius 1 is 1.50 bits per heavy atom. The number of quaternary nitrogens is 1. The van der Waals surface area contributed by atoms with Gasteiger partial charge in [0, 0.05) is 5.92 Å². The van der Waals surface area contributed by atoms with E-state index in [1.54, 1.807) is 4.90 Å². The summed E-state index contributed by atoms with van der Waals surface area (Å²) in [5.41, 5.74) is 0. The average molecular weight is 142 g/mol. The van der Waals surface area contributed by atoms with Gasteiger partial charge in [-0.1, -0.05) is 20.3 Å². The first kappa shape index (κ1) is 8.06. The Morgan fingerprint density at radius 2 is 2.20 bits per heavy atom. The molecule has 0 aliphatic carbocycles. The van der Waals surface area contributed by atoms with Crippen molar-refractivity contribution in [2.45, 2.75) is 26.7 Å². The van der Waals surface area contributed by atoms with Gasteiger partial charge in [-0.15, -0.1) is 0 Å². The first-order chi connectivity index (χ1) is 4.74. The lowest BCUT2D eigenvalue weighted by molar-refractivity contribution is -0.890. The molecule has 1 heteroatoms. The van der Waals surface area contributed by atoms with Crippen molar-refractivity contribution in [2.75, 3.05) is 20.1 Å². The number of hydrogen-bond donors (Lipinski definition) is 1. The number of nitrogens with one attached hydrogen (secondary N) is 1. The molecule has 0 spiro atoms. The predicted molar refractivity (Wildman–Crippen MR) is 44.2 cm³/mol. The van der Waals surface area contributed by atoms with Crippen LogP contribution < -0.4 is 4.90 Å². The quantitative estimate of drug-likeness (QED) is 0.546. The molecule has 0 aromatic rings. The molecule has 1 saturated heterocycles. The Balaban J connectivity index is 2.36. The van der Waals surface area contributed by atoms with Crippen molar-refractivity contribution in [2.24, 2.45) is 11.8 Å². The lowest BCUT2D eigenvalue weighted by atomic mass is 9.85. The van der Waals surface area contributed by atoms with Gasteiger partial charge in [0.25, 0.3) is 0 Å². The molecule has 10 heavy (non-hydrogen) atoms. The first-order valence-corrected chi connectivity index (χ1v) is 4.55. The molecular weight excluding hydrogens is 122 g/mol. The normalized spacial score (nSPS) is 41.7. The molecule has 0 saturated carbocycles. The zero-order valence-electron chi connectivity index (χ0n) is 7.48. The SMILES string of the molecule is CCC1CC[NH+](C)CC1C. The monoisotopic (exact) mass is 142 g/mol. The van der Waals surface area contributed by atoms with Crippen LogP contribution in [0.5, 0.6) is 0 Å². The van der Waals surface area contributed by atoms with E-state index in [9.17, 15) is 0 Å². The molecule has 0 radical (unpaired) electrons. The summed E-state index contributed by atoms with van der Waals surface area (Å²) in [6.45, 7) is 7.50. The third-order valence-corrected chi connectivity index (χ3v) is 2.94. The van der Waals surface area contributed by atoms with Crippen molar-refractivity contribution in [3.05, 3.63) is 0 Å². The Kier molecular flexibility index (Phi) is 2.72. The lowest BCUT2D eigenvalue weighted by Crippen LogP contribution is -3.11. The molecule has 0 aromatic carbocycles. The van der Waals surface area contributed by atoms with E-state index in [1.165, 1.54) is 25.9 Å². The topological polar surface area (TPSA) is 4.44 Å². The Hall–Kier alpha value is -0.0400. The van der Waals surface area contributed by atoms with Crippen LogP contribution in [0.15, 0.2) is 0 Å². The molecule has 3 unspecified atom stereocenters. The summed E-state index contributed by atoms with van der Waals surface area (Å²) in [4.78, 5) is 1.72. The van der Waals surface area contributed by atoms with Crippen LogP contribution in [0.1, 0.15) is 26.7 Å². The van der Waals surface area contributed by atoms with E-state index < -0.39 is 0 Å². The van der Waals surface area contributed by atoms with Crippen molar-refractivity contribution in [1.29, 1.82) is 0 Å². The van der Waals surface area contributed by atoms with E-state index >= 15 is 0 Å². The second-order valence-electron chi connectivity index (χ2n) is 3.85. The van der Waals surface area contributed by atoms with Gasteiger partial charge in [0.1, 0.15) is 0 Å². The van der Waals surface area contributed by atoms with E-state index in [-0.39, 0.29) is 0 Å². The van der Waals surface area contributed by atoms with Crippen molar-refractivity contribution in [1.82, 2.24) is 0 Å². The van der Waals surface area contributed by atoms with Gasteiger partial charge in [-0.3, -0.25) is 0 Å². The molecule has 60 valence electrons. The van der Waals surface area contributed by atoms with Crippen LogP contribution in [0, 0.1) is 11.8 Å². The molecular formula is C9H20N+. The smallest absolute Gasteiger partial charge is 0.0797 e. The van der Waals surface area contributed by atoms with Gasteiger partial charge in [0.15, 0.2) is 0 Å². The fourth-order valence-corrected chi connectivity index (χ4v) is 2.14. The molecule has 1 heterocycles. The minimum atomic E-state index is 0.957. The molecule has 1 rings (SSSR count). The van der Waals surface area contributed by atoms with Gasteiger partial charge in [-0.05, 0) is 12.3 Å².